The second-order valence-corrected chi connectivity index (χ2v) is 8.61. The molecular weight excluding hydrogens is 534 g/mol. The summed E-state index contributed by atoms with van der Waals surface area (Å²) in [6.07, 6.45) is 1.31. The van der Waals surface area contributed by atoms with E-state index in [4.69, 9.17) is 24.7 Å². The molecular formula is C32H33N5O5. The van der Waals surface area contributed by atoms with Gasteiger partial charge in [0.25, 0.3) is 0 Å². The third kappa shape index (κ3) is 10.5. The fraction of sp³-hybridized carbons (Fsp3) is 0.156. The highest BCUT2D eigenvalue weighted by molar-refractivity contribution is 5.96. The van der Waals surface area contributed by atoms with E-state index in [1.165, 1.54) is 20.2 Å². The number of aliphatic imine (C=N–C) groups is 2. The molecule has 0 spiro atoms. The number of hydrogen-bond acceptors (Lipinski definition) is 7. The molecule has 0 saturated carbocycles. The van der Waals surface area contributed by atoms with E-state index in [1.54, 1.807) is 12.1 Å². The highest BCUT2D eigenvalue weighted by Crippen LogP contribution is 2.42. The molecule has 4 aromatic carbocycles. The number of carbonyl (C=O) groups is 1. The molecule has 0 aromatic heterocycles. The summed E-state index contributed by atoms with van der Waals surface area (Å²) in [5.41, 5.74) is 9.35. The Morgan fingerprint density at radius 2 is 1.17 bits per heavy atom. The van der Waals surface area contributed by atoms with Crippen molar-refractivity contribution in [2.75, 3.05) is 14.1 Å². The number of guanidine groups is 1. The van der Waals surface area contributed by atoms with Crippen LogP contribution in [0.2, 0.25) is 0 Å². The van der Waals surface area contributed by atoms with E-state index in [0.29, 0.717) is 42.8 Å². The van der Waals surface area contributed by atoms with Crippen molar-refractivity contribution in [1.29, 1.82) is 0 Å². The Morgan fingerprint density at radius 1 is 0.762 bits per heavy atom. The zero-order valence-corrected chi connectivity index (χ0v) is 23.4. The van der Waals surface area contributed by atoms with Gasteiger partial charge in [-0.05, 0) is 16.7 Å². The zero-order valence-electron chi connectivity index (χ0n) is 23.4. The number of nitrogens with two attached hydrogens (primary N) is 1. The predicted molar refractivity (Wildman–Crippen MR) is 162 cm³/mol. The number of ether oxygens (including phenoxy) is 3. The highest BCUT2D eigenvalue weighted by Gasteiger charge is 2.17. The van der Waals surface area contributed by atoms with Gasteiger partial charge in [0.05, 0.1) is 5.69 Å². The van der Waals surface area contributed by atoms with Crippen molar-refractivity contribution < 1.29 is 23.8 Å². The number of isocyanates is 1. The maximum Gasteiger partial charge on any atom is 0.321 e. The number of rotatable bonds is 10. The molecule has 10 nitrogen and oxygen atoms in total. The van der Waals surface area contributed by atoms with Crippen LogP contribution in [0.4, 0.5) is 10.5 Å². The van der Waals surface area contributed by atoms with Crippen LogP contribution in [-0.4, -0.2) is 32.2 Å². The highest BCUT2D eigenvalue weighted by atomic mass is 16.5. The van der Waals surface area contributed by atoms with Crippen LogP contribution >= 0.6 is 0 Å². The molecule has 0 bridgehead atoms. The van der Waals surface area contributed by atoms with Crippen LogP contribution in [0.25, 0.3) is 0 Å². The number of benzene rings is 4. The number of urea groups is 1. The second kappa shape index (κ2) is 17.2. The summed E-state index contributed by atoms with van der Waals surface area (Å²) in [6, 6.07) is 32.4. The average molecular weight is 568 g/mol. The molecule has 0 aliphatic rings. The summed E-state index contributed by atoms with van der Waals surface area (Å²) in [4.78, 5) is 27.8. The fourth-order valence-corrected chi connectivity index (χ4v) is 3.53. The summed E-state index contributed by atoms with van der Waals surface area (Å²) in [7, 11) is 2.87. The zero-order chi connectivity index (χ0) is 30.0. The first-order valence-corrected chi connectivity index (χ1v) is 13.0. The van der Waals surface area contributed by atoms with Gasteiger partial charge in [0.15, 0.2) is 11.5 Å². The monoisotopic (exact) mass is 567 g/mol. The minimum Gasteiger partial charge on any atom is -0.485 e. The molecule has 216 valence electrons. The summed E-state index contributed by atoms with van der Waals surface area (Å²) in [5, 5.41) is 4.90. The van der Waals surface area contributed by atoms with Gasteiger partial charge in [-0.25, -0.2) is 19.6 Å². The summed E-state index contributed by atoms with van der Waals surface area (Å²) in [5.74, 6) is 1.23. The third-order valence-electron chi connectivity index (χ3n) is 5.52. The number of hydrogen-bond donors (Lipinski definition) is 3. The van der Waals surface area contributed by atoms with E-state index in [0.717, 1.165) is 16.7 Å². The van der Waals surface area contributed by atoms with Crippen LogP contribution in [0, 0.1) is 0 Å². The molecule has 4 aromatic rings. The van der Waals surface area contributed by atoms with Gasteiger partial charge in [-0.2, -0.15) is 0 Å². The van der Waals surface area contributed by atoms with E-state index in [-0.39, 0.29) is 5.96 Å². The van der Waals surface area contributed by atoms with Crippen molar-refractivity contribution in [2.45, 2.75) is 19.8 Å². The molecule has 0 fully saturated rings. The summed E-state index contributed by atoms with van der Waals surface area (Å²) < 4.78 is 18.7. The Labute approximate surface area is 244 Å². The lowest BCUT2D eigenvalue weighted by Gasteiger charge is -2.18. The van der Waals surface area contributed by atoms with E-state index in [2.05, 4.69) is 20.6 Å². The van der Waals surface area contributed by atoms with Gasteiger partial charge >= 0.3 is 6.03 Å². The van der Waals surface area contributed by atoms with Gasteiger partial charge in [0, 0.05) is 26.2 Å². The van der Waals surface area contributed by atoms with Crippen molar-refractivity contribution in [3.8, 4) is 17.2 Å². The molecule has 0 unspecified atom stereocenters. The van der Waals surface area contributed by atoms with E-state index in [1.807, 2.05) is 91.0 Å². The Hall–Kier alpha value is -5.60. The van der Waals surface area contributed by atoms with Gasteiger partial charge in [0.1, 0.15) is 19.8 Å². The molecule has 10 heteroatoms. The minimum atomic E-state index is -0.477. The quantitative estimate of drug-likeness (QED) is 0.136. The summed E-state index contributed by atoms with van der Waals surface area (Å²) in [6.45, 7) is 0.923. The maximum atomic E-state index is 11.7. The van der Waals surface area contributed by atoms with Gasteiger partial charge in [-0.15, -0.1) is 0 Å². The maximum absolute atomic E-state index is 11.7. The van der Waals surface area contributed by atoms with Crippen LogP contribution < -0.4 is 30.6 Å². The summed E-state index contributed by atoms with van der Waals surface area (Å²) >= 11 is 0. The first-order valence-electron chi connectivity index (χ1n) is 13.0. The van der Waals surface area contributed by atoms with E-state index < -0.39 is 6.03 Å². The van der Waals surface area contributed by atoms with Crippen LogP contribution in [0.5, 0.6) is 17.2 Å². The lowest BCUT2D eigenvalue weighted by molar-refractivity contribution is 0.230. The van der Waals surface area contributed by atoms with Gasteiger partial charge in [0.2, 0.25) is 17.8 Å². The molecule has 0 saturated heterocycles. The molecule has 42 heavy (non-hydrogen) atoms. The largest absolute Gasteiger partial charge is 0.485 e. The topological polar surface area (TPSA) is 137 Å². The molecule has 0 aliphatic heterocycles. The van der Waals surface area contributed by atoms with Crippen LogP contribution in [0.1, 0.15) is 16.7 Å². The second-order valence-electron chi connectivity index (χ2n) is 8.61. The van der Waals surface area contributed by atoms with Crippen molar-refractivity contribution in [2.24, 2.45) is 15.7 Å². The van der Waals surface area contributed by atoms with Gasteiger partial charge in [-0.3, -0.25) is 5.32 Å². The fourth-order valence-electron chi connectivity index (χ4n) is 3.53. The molecule has 4 N–H and O–H groups in total. The Balaban J connectivity index is 0.00000114. The Bertz CT molecular complexity index is 1410. The molecule has 0 radical (unpaired) electrons. The van der Waals surface area contributed by atoms with E-state index in [9.17, 15) is 4.79 Å². The Morgan fingerprint density at radius 3 is 1.55 bits per heavy atom. The van der Waals surface area contributed by atoms with Gasteiger partial charge in [-0.1, -0.05) is 91.0 Å². The van der Waals surface area contributed by atoms with Crippen LogP contribution in [-0.2, 0) is 24.6 Å². The lowest BCUT2D eigenvalue weighted by Crippen LogP contribution is -2.41. The molecule has 0 heterocycles. The molecule has 0 aliphatic carbocycles. The minimum absolute atomic E-state index is 0.0784. The smallest absolute Gasteiger partial charge is 0.321 e. The Kier molecular flexibility index (Phi) is 12.6. The SMILES string of the molecule is CN=C=O.CNC(=O)NC(N)=Nc1cc(OCc2ccccc2)c(OCc2ccccc2)c(OCc2ccccc2)c1. The molecule has 0 atom stereocenters. The van der Waals surface area contributed by atoms with Crippen molar-refractivity contribution >= 4 is 23.8 Å². The normalized spacial score (nSPS) is 10.3. The van der Waals surface area contributed by atoms with Crippen molar-refractivity contribution in [3.05, 3.63) is 120 Å². The van der Waals surface area contributed by atoms with E-state index >= 15 is 0 Å². The number of amides is 2. The number of nitrogens with zero attached hydrogens (tertiary/aromatic N) is 2. The number of nitrogens with one attached hydrogen (secondary N) is 2. The van der Waals surface area contributed by atoms with Crippen LogP contribution in [0.3, 0.4) is 0 Å². The standard InChI is InChI=1S/C30H30N4O4.C2H3NO/c1-32-30(35)34-29(31)33-25-17-26(36-19-22-11-5-2-6-12-22)28(38-21-24-15-9-4-10-16-24)27(18-25)37-20-23-13-7-3-8-14-23;1-3-2-4/h2-18H,19-21H2,1H3,(H4,31,32,33,34,35);1H3. The first-order chi connectivity index (χ1) is 20.5. The van der Waals surface area contributed by atoms with Gasteiger partial charge < -0.3 is 25.3 Å². The number of carbonyl (C=O) groups excluding carboxylic acids is 2. The predicted octanol–water partition coefficient (Wildman–Crippen LogP) is 5.25. The lowest BCUT2D eigenvalue weighted by atomic mass is 10.2. The third-order valence-corrected chi connectivity index (χ3v) is 5.52. The first kappa shape index (κ1) is 30.9. The average Bonchev–Trinajstić information content (AvgIpc) is 3.03. The van der Waals surface area contributed by atoms with Crippen LogP contribution in [0.15, 0.2) is 113 Å². The molecule has 2 amide bonds. The molecule has 4 rings (SSSR count). The van der Waals surface area contributed by atoms with Crippen molar-refractivity contribution in [1.82, 2.24) is 10.6 Å². The van der Waals surface area contributed by atoms with Crippen molar-refractivity contribution in [3.63, 3.8) is 0 Å².